The fraction of sp³-hybridized carbons (Fsp3) is 0.917. The minimum Gasteiger partial charge on any atom is -0.481 e. The van der Waals surface area contributed by atoms with Gasteiger partial charge in [-0.05, 0) is 84.5 Å². The lowest BCUT2D eigenvalue weighted by Crippen LogP contribution is -2.59. The number of carbonyl (C=O) groups is 1. The number of carboxylic acids is 1. The van der Waals surface area contributed by atoms with Crippen LogP contribution in [0.5, 0.6) is 0 Å². The van der Waals surface area contributed by atoms with Crippen LogP contribution in [0, 0.1) is 5.92 Å². The third kappa shape index (κ3) is 33.7. The van der Waals surface area contributed by atoms with E-state index in [2.05, 4.69) is 72.0 Å². The quantitative estimate of drug-likeness (QED) is 0.202. The molecule has 0 aromatic carbocycles. The number of hydrogen-bond acceptors (Lipinski definition) is 7. The second-order valence-electron chi connectivity index (χ2n) is 10.8. The van der Waals surface area contributed by atoms with Crippen molar-refractivity contribution in [3.8, 4) is 0 Å². The van der Waals surface area contributed by atoms with E-state index < -0.39 is 48.3 Å². The summed E-state index contributed by atoms with van der Waals surface area (Å²) >= 11 is 0. The number of rotatable bonds is 13. The average Bonchev–Trinajstić information content (AvgIpc) is 2.40. The van der Waals surface area contributed by atoms with E-state index in [-0.39, 0.29) is 56.6 Å². The van der Waals surface area contributed by atoms with Gasteiger partial charge in [-0.25, -0.2) is 0 Å². The standard InChI is InChI=1S/C17H44O6Si5.CO2.6CH4/c1-16(17(18)19)14-13-15-28(12,22-26(8,9)20-24(2,3)4)23-27(10,11)21-25(5,6)7;2-1-3;;;;;;/h16H,13-15H2,1-12H3,(H,18,19);;6*1H4. The summed E-state index contributed by atoms with van der Waals surface area (Å²) in [6.07, 6.45) is 1.64. The molecule has 0 radical (unpaired) electrons. The zero-order chi connectivity index (χ0) is 25.3. The summed E-state index contributed by atoms with van der Waals surface area (Å²) in [7, 11) is -10.8. The van der Waals surface area contributed by atoms with E-state index >= 15 is 0 Å². The molecule has 0 spiro atoms. The van der Waals surface area contributed by atoms with Gasteiger partial charge in [0.1, 0.15) is 0 Å². The van der Waals surface area contributed by atoms with Crippen molar-refractivity contribution in [1.29, 1.82) is 0 Å². The molecular formula is C24H68O8Si5. The molecule has 8 nitrogen and oxygen atoms in total. The van der Waals surface area contributed by atoms with Crippen LogP contribution in [0.3, 0.4) is 0 Å². The van der Waals surface area contributed by atoms with Crippen LogP contribution in [-0.4, -0.2) is 59.5 Å². The highest BCUT2D eigenvalue weighted by Gasteiger charge is 2.47. The smallest absolute Gasteiger partial charge is 0.373 e. The van der Waals surface area contributed by atoms with Crippen molar-refractivity contribution in [3.05, 3.63) is 0 Å². The van der Waals surface area contributed by atoms with Crippen molar-refractivity contribution in [2.75, 3.05) is 0 Å². The van der Waals surface area contributed by atoms with Crippen LogP contribution >= 0.6 is 0 Å². The van der Waals surface area contributed by atoms with Crippen molar-refractivity contribution in [1.82, 2.24) is 0 Å². The minimum atomic E-state index is -2.60. The van der Waals surface area contributed by atoms with Gasteiger partial charge in [0.05, 0.1) is 5.92 Å². The monoisotopic (exact) mass is 624 g/mol. The summed E-state index contributed by atoms with van der Waals surface area (Å²) in [6.45, 7) is 25.3. The third-order valence-corrected chi connectivity index (χ3v) is 21.2. The highest BCUT2D eigenvalue weighted by atomic mass is 28.5. The summed E-state index contributed by atoms with van der Waals surface area (Å²) < 4.78 is 26.2. The van der Waals surface area contributed by atoms with Crippen LogP contribution < -0.4 is 0 Å². The number of hydrogen-bond donors (Lipinski definition) is 1. The van der Waals surface area contributed by atoms with E-state index in [1.54, 1.807) is 6.92 Å². The largest absolute Gasteiger partial charge is 0.481 e. The zero-order valence-corrected chi connectivity index (χ0v) is 26.5. The molecule has 0 amide bonds. The summed E-state index contributed by atoms with van der Waals surface area (Å²) in [5, 5.41) is 9.17. The highest BCUT2D eigenvalue weighted by molar-refractivity contribution is 6.90. The molecular weight excluding hydrogens is 557 g/mol. The van der Waals surface area contributed by atoms with Crippen LogP contribution in [0.15, 0.2) is 0 Å². The maximum Gasteiger partial charge on any atom is 0.373 e. The molecule has 0 bridgehead atoms. The van der Waals surface area contributed by atoms with Crippen molar-refractivity contribution < 1.29 is 36.0 Å². The molecule has 0 aromatic rings. The molecule has 0 aliphatic rings. The Morgan fingerprint density at radius 1 is 0.676 bits per heavy atom. The van der Waals surface area contributed by atoms with Crippen LogP contribution in [0.2, 0.25) is 78.1 Å². The number of carboxylic acid groups (broad SMARTS) is 1. The van der Waals surface area contributed by atoms with Gasteiger partial charge < -0.3 is 21.6 Å². The number of aliphatic carboxylic acids is 1. The lowest BCUT2D eigenvalue weighted by molar-refractivity contribution is -0.191. The Bertz CT molecular complexity index is 567. The third-order valence-electron chi connectivity index (χ3n) is 3.72. The Morgan fingerprint density at radius 2 is 0.946 bits per heavy atom. The molecule has 0 aliphatic carbocycles. The first-order chi connectivity index (χ1) is 13.6. The molecule has 0 saturated carbocycles. The SMILES string of the molecule is C.C.C.C.C.C.CC(CCC[Si](C)(O[Si](C)(C)O[Si](C)(C)C)O[Si](C)(C)O[Si](C)(C)C)C(=O)O.O=C=O. The lowest BCUT2D eigenvalue weighted by atomic mass is 10.1. The molecule has 37 heavy (non-hydrogen) atoms. The van der Waals surface area contributed by atoms with Crippen molar-refractivity contribution in [2.45, 2.75) is 142 Å². The first-order valence-electron chi connectivity index (χ1n) is 10.6. The van der Waals surface area contributed by atoms with Gasteiger partial charge in [0.25, 0.3) is 0 Å². The first kappa shape index (κ1) is 56.8. The van der Waals surface area contributed by atoms with Gasteiger partial charge in [-0.2, -0.15) is 9.59 Å². The molecule has 1 atom stereocenters. The fourth-order valence-corrected chi connectivity index (χ4v) is 26.9. The van der Waals surface area contributed by atoms with E-state index in [4.69, 9.17) is 26.0 Å². The predicted molar refractivity (Wildman–Crippen MR) is 174 cm³/mol. The zero-order valence-electron chi connectivity index (χ0n) is 21.5. The second kappa shape index (κ2) is 22.6. The van der Waals surface area contributed by atoms with E-state index in [0.29, 0.717) is 6.42 Å². The van der Waals surface area contributed by atoms with E-state index in [1.807, 2.05) is 0 Å². The molecule has 0 aliphatic heterocycles. The summed E-state index contributed by atoms with van der Waals surface area (Å²) in [6, 6.07) is 0.752. The summed E-state index contributed by atoms with van der Waals surface area (Å²) in [5.41, 5.74) is 0. The van der Waals surface area contributed by atoms with Gasteiger partial charge >= 0.3 is 37.8 Å². The molecule has 0 heterocycles. The van der Waals surface area contributed by atoms with Gasteiger partial charge in [-0.3, -0.25) is 4.79 Å². The predicted octanol–water partition coefficient (Wildman–Crippen LogP) is 8.93. The van der Waals surface area contributed by atoms with E-state index in [0.717, 1.165) is 12.5 Å². The Labute approximate surface area is 238 Å². The van der Waals surface area contributed by atoms with Gasteiger partial charge in [0.2, 0.25) is 0 Å². The molecule has 0 rings (SSSR count). The molecule has 1 N–H and O–H groups in total. The van der Waals surface area contributed by atoms with Gasteiger partial charge in [-0.1, -0.05) is 57.9 Å². The first-order valence-corrected chi connectivity index (χ1v) is 25.6. The highest BCUT2D eigenvalue weighted by Crippen LogP contribution is 2.30. The Kier molecular flexibility index (Phi) is 34.7. The molecule has 0 fully saturated rings. The summed E-state index contributed by atoms with van der Waals surface area (Å²) in [4.78, 5) is 27.4. The molecule has 1 unspecified atom stereocenters. The Balaban J connectivity index is -0.000000148. The molecule has 0 aromatic heterocycles. The van der Waals surface area contributed by atoms with Gasteiger partial charge in [0.15, 0.2) is 16.6 Å². The number of carbonyl (C=O) groups excluding carboxylic acids is 2. The normalized spacial score (nSPS) is 12.0. The van der Waals surface area contributed by atoms with Crippen LogP contribution in [0.1, 0.15) is 64.3 Å². The lowest BCUT2D eigenvalue weighted by Gasteiger charge is -2.43. The second-order valence-corrected chi connectivity index (χ2v) is 30.9. The van der Waals surface area contributed by atoms with Crippen LogP contribution in [-0.2, 0) is 30.8 Å². The summed E-state index contributed by atoms with van der Waals surface area (Å²) in [5.74, 6) is -1.11. The Morgan fingerprint density at radius 3 is 1.16 bits per heavy atom. The van der Waals surface area contributed by atoms with E-state index in [9.17, 15) is 9.90 Å². The van der Waals surface area contributed by atoms with Crippen LogP contribution in [0.25, 0.3) is 0 Å². The molecule has 13 heteroatoms. The Hall–Kier alpha value is -0.226. The van der Waals surface area contributed by atoms with Crippen molar-refractivity contribution in [2.24, 2.45) is 5.92 Å². The van der Waals surface area contributed by atoms with E-state index in [1.165, 1.54) is 0 Å². The average molecular weight is 625 g/mol. The minimum absolute atomic E-state index is 0. The van der Waals surface area contributed by atoms with Crippen molar-refractivity contribution >= 4 is 54.4 Å². The van der Waals surface area contributed by atoms with Crippen LogP contribution in [0.4, 0.5) is 0 Å². The maximum absolute atomic E-state index is 11.2. The molecule has 0 saturated heterocycles. The maximum atomic E-state index is 11.2. The van der Waals surface area contributed by atoms with Gasteiger partial charge in [-0.15, -0.1) is 0 Å². The van der Waals surface area contributed by atoms with Crippen molar-refractivity contribution in [3.63, 3.8) is 0 Å². The molecule has 232 valence electrons. The fourth-order valence-electron chi connectivity index (χ4n) is 3.53. The van der Waals surface area contributed by atoms with Gasteiger partial charge in [0, 0.05) is 0 Å². The topological polar surface area (TPSA) is 108 Å².